The molecule has 0 aliphatic carbocycles. The second kappa shape index (κ2) is 115. The van der Waals surface area contributed by atoms with E-state index in [1.165, 1.54) is 19.7 Å². The standard InChI is InChI=1S/H2S86/c1-3-5-7-9-11-13-15-17-19-21-23-25-27-29-31-33-35-37-39-41-43-45-47-49-51-53-55-57-59-61-63-65-67-69-71-73-75-77-79-81-83-85-86-84-82-80-78-76-74-72-70-68-66-64-62-60-58-56-54-52-50-48-46-44-42-40-38-36-34-32-30-28-26-24-22-20-18-16-14-12-10-8-6-4-2/h1-2H. The molecule has 0 rings (SSSR count). The summed E-state index contributed by atoms with van der Waals surface area (Å²) in [6, 6.07) is 0. The van der Waals surface area contributed by atoms with Gasteiger partial charge in [-0.2, -0.15) is 0 Å². The van der Waals surface area contributed by atoms with E-state index in [4.69, 9.17) is 0 Å². The normalized spacial score (nSPS) is 11.8. The highest BCUT2D eigenvalue weighted by Gasteiger charge is 2.08. The molecule has 0 bridgehead atoms. The molecule has 0 amide bonds. The largest absolute Gasteiger partial charge is 0.0988 e. The first kappa shape index (κ1) is 116. The summed E-state index contributed by atoms with van der Waals surface area (Å²) in [7, 11) is 152. The minimum absolute atomic E-state index is 1.49. The Morgan fingerprint density at radius 1 is 0.0581 bits per heavy atom. The van der Waals surface area contributed by atoms with Crippen molar-refractivity contribution in [3.63, 3.8) is 0 Å². The van der Waals surface area contributed by atoms with Gasteiger partial charge in [-0.25, -0.2) is 0 Å². The van der Waals surface area contributed by atoms with Crippen molar-refractivity contribution in [3.8, 4) is 0 Å². The fourth-order valence-electron chi connectivity index (χ4n) is 0.932. The number of thiol groups is 2. The van der Waals surface area contributed by atoms with E-state index in [2.05, 4.69) is 23.3 Å². The first-order chi connectivity index (χ1) is 42.9. The molecule has 0 heterocycles. The van der Waals surface area contributed by atoms with E-state index in [1.807, 2.05) is 707 Å². The Kier molecular flexibility index (Phi) is 155. The molecule has 518 valence electrons. The van der Waals surface area contributed by atoms with Crippen molar-refractivity contribution in [1.29, 1.82) is 0 Å². The topological polar surface area (TPSA) is 0 Å². The summed E-state index contributed by atoms with van der Waals surface area (Å²) >= 11 is 8.20. The van der Waals surface area contributed by atoms with Gasteiger partial charge in [-0.05, 0) is 157 Å². The fraction of sp³-hybridized carbons (Fsp3) is 0. The van der Waals surface area contributed by atoms with Crippen molar-refractivity contribution in [1.82, 2.24) is 0 Å². The van der Waals surface area contributed by atoms with Crippen LogP contribution in [0.3, 0.4) is 0 Å². The number of rotatable bonds is 83. The molecule has 0 fully saturated rings. The Balaban J connectivity index is 3.08. The van der Waals surface area contributed by atoms with Crippen LogP contribution in [0.4, 0.5) is 0 Å². The second-order valence-electron chi connectivity index (χ2n) is 5.73. The van der Waals surface area contributed by atoms with Crippen LogP contribution >= 0.6 is 849 Å². The van der Waals surface area contributed by atoms with Crippen LogP contribution in [0.5, 0.6) is 0 Å². The Hall–Kier alpha value is 30.1. The lowest BCUT2D eigenvalue weighted by Crippen LogP contribution is -1.35. The zero-order valence-corrected chi connectivity index (χ0v) is 106. The first-order valence-electron chi connectivity index (χ1n) is 14.2. The van der Waals surface area contributed by atoms with Crippen LogP contribution in [0, 0.1) is 0 Å². The minimum Gasteiger partial charge on any atom is -0.0988 e. The summed E-state index contributed by atoms with van der Waals surface area (Å²) in [5.41, 5.74) is 0. The summed E-state index contributed by atoms with van der Waals surface area (Å²) < 4.78 is 0. The van der Waals surface area contributed by atoms with Crippen molar-refractivity contribution in [2.24, 2.45) is 0 Å². The van der Waals surface area contributed by atoms with E-state index < -0.39 is 0 Å². The molecule has 0 atom stereocenters. The Bertz CT molecular complexity index is 990. The molecule has 0 saturated carbocycles. The van der Waals surface area contributed by atoms with Gasteiger partial charge in [-0.1, -0.05) is 23.3 Å². The zero-order valence-electron chi connectivity index (χ0n) is 35.2. The third kappa shape index (κ3) is 114. The van der Waals surface area contributed by atoms with Crippen LogP contribution in [0.2, 0.25) is 0 Å². The summed E-state index contributed by atoms with van der Waals surface area (Å²) in [6.07, 6.45) is 0. The Morgan fingerprint density at radius 2 is 0.0930 bits per heavy atom. The maximum atomic E-state index is 4.10. The highest BCUT2D eigenvalue weighted by molar-refractivity contribution is 9.67. The quantitative estimate of drug-likeness (QED) is 0.0337. The van der Waals surface area contributed by atoms with Crippen molar-refractivity contribution >= 4 is 849 Å². The fourth-order valence-corrected chi connectivity index (χ4v) is 226. The highest BCUT2D eigenvalue weighted by Crippen LogP contribution is 2.73. The van der Waals surface area contributed by atoms with E-state index in [1.54, 1.807) is 98.3 Å². The predicted molar refractivity (Wildman–Crippen MR) is 656 cm³/mol. The smallest absolute Gasteiger partial charge is 0 e. The molecule has 0 unspecified atom stereocenters. The summed E-state index contributed by atoms with van der Waals surface area (Å²) in [4.78, 5) is 0. The molecule has 0 aromatic rings. The average Bonchev–Trinajstić information content (AvgIpc) is 3.52. The third-order valence-electron chi connectivity index (χ3n) is 2.31. The summed E-state index contributed by atoms with van der Waals surface area (Å²) in [6.45, 7) is 0. The number of hydrogen-bond donors (Lipinski definition) is 2. The van der Waals surface area contributed by atoms with Gasteiger partial charge in [0.15, 0.2) is 0 Å². The third-order valence-corrected chi connectivity index (χ3v) is 187. The maximum Gasteiger partial charge on any atom is 0 e. The number of hydrogen-bond acceptors (Lipinski definition) is 86. The SMILES string of the molecule is SSSSSSSSSSSSSSSSSSSSSSSSSSSSSSSSSSSSSSSSSSSSSSSSSSSSSSSSSSSSSSSSSSSSSSSSSSSSSSSSSSSSSS. The lowest BCUT2D eigenvalue weighted by atomic mass is 30.1. The van der Waals surface area contributed by atoms with Gasteiger partial charge >= 0.3 is 0 Å². The molecule has 0 saturated heterocycles. The molecule has 0 nitrogen and oxygen atoms in total. The van der Waals surface area contributed by atoms with E-state index in [0.717, 1.165) is 0 Å². The van der Waals surface area contributed by atoms with Gasteiger partial charge in [-0.3, -0.25) is 0 Å². The van der Waals surface area contributed by atoms with Gasteiger partial charge in [0.05, 0.1) is 0 Å². The first-order valence-corrected chi connectivity index (χ1v) is 128. The molecular formula is H2S86. The van der Waals surface area contributed by atoms with Gasteiger partial charge in [0.25, 0.3) is 0 Å². The predicted octanol–water partition coefficient (Wildman–Crippen LogP) is 55.2. The van der Waals surface area contributed by atoms with Crippen molar-refractivity contribution in [2.45, 2.75) is 0 Å². The van der Waals surface area contributed by atoms with Crippen LogP contribution in [-0.4, -0.2) is 0 Å². The molecule has 0 spiro atoms. The molecule has 0 aliphatic rings. The minimum atomic E-state index is 1.49. The van der Waals surface area contributed by atoms with Crippen LogP contribution in [0.15, 0.2) is 0 Å². The zero-order chi connectivity index (χ0) is 61.4. The van der Waals surface area contributed by atoms with Gasteiger partial charge in [0.2, 0.25) is 0 Å². The van der Waals surface area contributed by atoms with Crippen LogP contribution in [0.1, 0.15) is 0 Å². The molecule has 0 aliphatic heterocycles. The monoisotopic (exact) mass is 2750 g/mol. The second-order valence-corrected chi connectivity index (χ2v) is 155. The van der Waals surface area contributed by atoms with E-state index >= 15 is 0 Å². The van der Waals surface area contributed by atoms with E-state index in [9.17, 15) is 0 Å². The van der Waals surface area contributed by atoms with Gasteiger partial charge in [0.1, 0.15) is 0 Å². The Morgan fingerprint density at radius 3 is 0.128 bits per heavy atom. The molecule has 0 aromatic carbocycles. The lowest BCUT2D eigenvalue weighted by Gasteiger charge is -2.00. The molecule has 0 radical (unpaired) electrons. The highest BCUT2D eigenvalue weighted by atomic mass is 34.1. The molecule has 86 heteroatoms. The summed E-state index contributed by atoms with van der Waals surface area (Å²) in [5, 5.41) is 0. The van der Waals surface area contributed by atoms with Crippen LogP contribution < -0.4 is 0 Å². The van der Waals surface area contributed by atoms with Gasteiger partial charge < -0.3 is 0 Å². The molecule has 86 heavy (non-hydrogen) atoms. The van der Waals surface area contributed by atoms with Gasteiger partial charge in [0, 0.05) is 668 Å². The van der Waals surface area contributed by atoms with Crippen LogP contribution in [-0.2, 0) is 0 Å². The van der Waals surface area contributed by atoms with E-state index in [0.29, 0.717) is 0 Å². The Labute approximate surface area is 824 Å². The van der Waals surface area contributed by atoms with Crippen molar-refractivity contribution in [2.75, 3.05) is 0 Å². The molecular weight excluding hydrogens is 2760 g/mol. The van der Waals surface area contributed by atoms with Crippen LogP contribution in [0.25, 0.3) is 0 Å². The summed E-state index contributed by atoms with van der Waals surface area (Å²) in [5.74, 6) is 0. The molecule has 0 aromatic heterocycles. The molecule has 0 N–H and O–H groups in total. The maximum absolute atomic E-state index is 4.10. The van der Waals surface area contributed by atoms with Gasteiger partial charge in [-0.15, -0.1) is 0 Å². The average molecular weight is 2760 g/mol. The van der Waals surface area contributed by atoms with Crippen molar-refractivity contribution < 1.29 is 0 Å². The van der Waals surface area contributed by atoms with E-state index in [-0.39, 0.29) is 0 Å². The lowest BCUT2D eigenvalue weighted by molar-refractivity contribution is 5.59. The van der Waals surface area contributed by atoms with Crippen molar-refractivity contribution in [3.05, 3.63) is 0 Å².